The molecule has 2 amide bonds. The van der Waals surface area contributed by atoms with Crippen molar-refractivity contribution in [1.29, 1.82) is 0 Å². The number of hydrogen-bond acceptors (Lipinski definition) is 3. The summed E-state index contributed by atoms with van der Waals surface area (Å²) < 4.78 is 11.4. The van der Waals surface area contributed by atoms with Gasteiger partial charge in [0.1, 0.15) is 6.04 Å². The van der Waals surface area contributed by atoms with E-state index in [2.05, 4.69) is 5.32 Å². The summed E-state index contributed by atoms with van der Waals surface area (Å²) in [5.41, 5.74) is -0.319. The van der Waals surface area contributed by atoms with E-state index in [4.69, 9.17) is 0 Å². The van der Waals surface area contributed by atoms with E-state index >= 15 is 0 Å². The average molecular weight is 274 g/mol. The number of rotatable bonds is 3. The van der Waals surface area contributed by atoms with E-state index in [1.165, 1.54) is 4.90 Å². The Labute approximate surface area is 111 Å². The zero-order valence-electron chi connectivity index (χ0n) is 11.6. The van der Waals surface area contributed by atoms with Crippen LogP contribution in [0.2, 0.25) is 0 Å². The number of amides is 2. The fourth-order valence-corrected chi connectivity index (χ4v) is 2.25. The quantitative estimate of drug-likeness (QED) is 0.795. The van der Waals surface area contributed by atoms with Crippen LogP contribution < -0.4 is 5.32 Å². The van der Waals surface area contributed by atoms with Crippen molar-refractivity contribution in [3.63, 3.8) is 0 Å². The highest BCUT2D eigenvalue weighted by Gasteiger charge is 2.40. The van der Waals surface area contributed by atoms with E-state index < -0.39 is 16.8 Å². The highest BCUT2D eigenvalue weighted by atomic mass is 32.2. The first-order valence-corrected chi connectivity index (χ1v) is 7.65. The summed E-state index contributed by atoms with van der Waals surface area (Å²) in [6, 6.07) is -0.503. The first-order chi connectivity index (χ1) is 8.12. The van der Waals surface area contributed by atoms with Gasteiger partial charge in [-0.25, -0.2) is 0 Å². The molecule has 0 spiro atoms. The fourth-order valence-electron chi connectivity index (χ4n) is 1.86. The van der Waals surface area contributed by atoms with E-state index in [-0.39, 0.29) is 29.0 Å². The summed E-state index contributed by atoms with van der Waals surface area (Å²) in [5, 5.41) is 2.61. The van der Waals surface area contributed by atoms with Gasteiger partial charge in [-0.1, -0.05) is 20.8 Å². The van der Waals surface area contributed by atoms with Gasteiger partial charge in [0.2, 0.25) is 11.8 Å². The summed E-state index contributed by atoms with van der Waals surface area (Å²) in [6.07, 6.45) is 1.61. The monoisotopic (exact) mass is 274 g/mol. The second-order valence-corrected chi connectivity index (χ2v) is 7.70. The van der Waals surface area contributed by atoms with Gasteiger partial charge in [-0.15, -0.1) is 0 Å². The molecule has 1 fully saturated rings. The molecule has 0 aromatic rings. The number of nitrogens with zero attached hydrogens (tertiary/aromatic N) is 1. The molecule has 0 aromatic heterocycles. The lowest BCUT2D eigenvalue weighted by atomic mass is 9.85. The molecular formula is C12H22N2O3S. The van der Waals surface area contributed by atoms with Gasteiger partial charge in [0.05, 0.1) is 6.54 Å². The van der Waals surface area contributed by atoms with Crippen molar-refractivity contribution in [1.82, 2.24) is 10.2 Å². The van der Waals surface area contributed by atoms with Crippen molar-refractivity contribution < 1.29 is 13.8 Å². The molecule has 1 N–H and O–H groups in total. The molecule has 0 aliphatic carbocycles. The van der Waals surface area contributed by atoms with E-state index in [1.807, 2.05) is 27.7 Å². The maximum atomic E-state index is 12.3. The molecule has 18 heavy (non-hydrogen) atoms. The normalized spacial score (nSPS) is 24.7. The third-order valence-corrected chi connectivity index (χ3v) is 4.39. The molecule has 1 aliphatic heterocycles. The highest BCUT2D eigenvalue weighted by Crippen LogP contribution is 2.23. The van der Waals surface area contributed by atoms with Gasteiger partial charge < -0.3 is 10.2 Å². The topological polar surface area (TPSA) is 66.5 Å². The molecule has 3 atom stereocenters. The first kappa shape index (κ1) is 15.1. The zero-order valence-corrected chi connectivity index (χ0v) is 12.5. The zero-order chi connectivity index (χ0) is 14.1. The van der Waals surface area contributed by atoms with Crippen LogP contribution in [0, 0.1) is 5.41 Å². The second kappa shape index (κ2) is 5.38. The van der Waals surface area contributed by atoms with Crippen LogP contribution in [-0.2, 0) is 20.4 Å². The summed E-state index contributed by atoms with van der Waals surface area (Å²) in [5.74, 6) is -0.233. The second-order valence-electron chi connectivity index (χ2n) is 5.89. The van der Waals surface area contributed by atoms with Crippen LogP contribution in [0.3, 0.4) is 0 Å². The summed E-state index contributed by atoms with van der Waals surface area (Å²) in [4.78, 5) is 25.4. The molecule has 0 radical (unpaired) electrons. The van der Waals surface area contributed by atoms with Crippen molar-refractivity contribution in [2.24, 2.45) is 5.41 Å². The maximum absolute atomic E-state index is 12.3. The van der Waals surface area contributed by atoms with Crippen LogP contribution >= 0.6 is 0 Å². The van der Waals surface area contributed by atoms with Crippen molar-refractivity contribution >= 4 is 22.6 Å². The Hall–Kier alpha value is -0.910. The summed E-state index contributed by atoms with van der Waals surface area (Å²) in [6.45, 7) is 8.00. The van der Waals surface area contributed by atoms with Crippen molar-refractivity contribution in [2.45, 2.75) is 39.0 Å². The molecule has 1 heterocycles. The van der Waals surface area contributed by atoms with Crippen molar-refractivity contribution in [2.75, 3.05) is 19.3 Å². The molecule has 104 valence electrons. The Morgan fingerprint density at radius 1 is 1.44 bits per heavy atom. The summed E-state index contributed by atoms with van der Waals surface area (Å²) in [7, 11) is -0.996. The van der Waals surface area contributed by atoms with E-state index in [1.54, 1.807) is 6.26 Å². The van der Waals surface area contributed by atoms with Gasteiger partial charge in [-0.3, -0.25) is 13.8 Å². The maximum Gasteiger partial charge on any atom is 0.246 e. The fraction of sp³-hybridized carbons (Fsp3) is 0.833. The SMILES string of the molecule is CC(CN1CC(=O)NC(C(C)(C)C)C1=O)S(C)=O. The van der Waals surface area contributed by atoms with Gasteiger partial charge >= 0.3 is 0 Å². The van der Waals surface area contributed by atoms with Crippen LogP contribution in [-0.4, -0.2) is 51.6 Å². The lowest BCUT2D eigenvalue weighted by molar-refractivity contribution is -0.147. The van der Waals surface area contributed by atoms with E-state index in [0.29, 0.717) is 6.54 Å². The molecule has 6 heteroatoms. The standard InChI is InChI=1S/C12H22N2O3S/c1-8(18(5)17)6-14-7-9(15)13-10(11(14)16)12(2,3)4/h8,10H,6-7H2,1-5H3,(H,13,15). The van der Waals surface area contributed by atoms with Crippen LogP contribution in [0.4, 0.5) is 0 Å². The molecule has 0 aromatic carbocycles. The number of carbonyl (C=O) groups is 2. The number of piperazine rings is 1. The smallest absolute Gasteiger partial charge is 0.246 e. The molecular weight excluding hydrogens is 252 g/mol. The third-order valence-electron chi connectivity index (χ3n) is 3.11. The Balaban J connectivity index is 2.83. The molecule has 5 nitrogen and oxygen atoms in total. The summed E-state index contributed by atoms with van der Waals surface area (Å²) >= 11 is 0. The van der Waals surface area contributed by atoms with Crippen molar-refractivity contribution in [3.8, 4) is 0 Å². The highest BCUT2D eigenvalue weighted by molar-refractivity contribution is 7.84. The van der Waals surface area contributed by atoms with Crippen LogP contribution in [0.15, 0.2) is 0 Å². The Morgan fingerprint density at radius 2 is 2.00 bits per heavy atom. The Kier molecular flexibility index (Phi) is 4.53. The lowest BCUT2D eigenvalue weighted by Crippen LogP contribution is -2.63. The number of carbonyl (C=O) groups excluding carboxylic acids is 2. The molecule has 1 aliphatic rings. The van der Waals surface area contributed by atoms with Gasteiger partial charge in [-0.2, -0.15) is 0 Å². The molecule has 0 bridgehead atoms. The molecule has 1 saturated heterocycles. The molecule has 0 saturated carbocycles. The van der Waals surface area contributed by atoms with Crippen LogP contribution in [0.5, 0.6) is 0 Å². The minimum Gasteiger partial charge on any atom is -0.342 e. The minimum atomic E-state index is -0.996. The minimum absolute atomic E-state index is 0.0625. The van der Waals surface area contributed by atoms with Gasteiger partial charge in [0.25, 0.3) is 0 Å². The largest absolute Gasteiger partial charge is 0.342 e. The molecule has 1 rings (SSSR count). The van der Waals surface area contributed by atoms with Gasteiger partial charge in [0, 0.05) is 28.9 Å². The average Bonchev–Trinajstić information content (AvgIpc) is 2.21. The van der Waals surface area contributed by atoms with E-state index in [9.17, 15) is 13.8 Å². The van der Waals surface area contributed by atoms with Gasteiger partial charge in [0.15, 0.2) is 0 Å². The molecule has 3 unspecified atom stereocenters. The number of nitrogens with one attached hydrogen (secondary N) is 1. The van der Waals surface area contributed by atoms with Crippen LogP contribution in [0.25, 0.3) is 0 Å². The van der Waals surface area contributed by atoms with E-state index in [0.717, 1.165) is 0 Å². The predicted molar refractivity (Wildman–Crippen MR) is 71.5 cm³/mol. The Bertz CT molecular complexity index is 376. The predicted octanol–water partition coefficient (Wildman–Crippen LogP) is 0.127. The third kappa shape index (κ3) is 3.54. The lowest BCUT2D eigenvalue weighted by Gasteiger charge is -2.39. The first-order valence-electron chi connectivity index (χ1n) is 6.03. The van der Waals surface area contributed by atoms with Crippen molar-refractivity contribution in [3.05, 3.63) is 0 Å². The van der Waals surface area contributed by atoms with Gasteiger partial charge in [-0.05, 0) is 12.3 Å². The number of hydrogen-bond donors (Lipinski definition) is 1. The Morgan fingerprint density at radius 3 is 2.44 bits per heavy atom. The van der Waals surface area contributed by atoms with Crippen LogP contribution in [0.1, 0.15) is 27.7 Å².